The van der Waals surface area contributed by atoms with Crippen LogP contribution in [-0.2, 0) is 16.2 Å². The molecule has 0 unspecified atom stereocenters. The zero-order valence-corrected chi connectivity index (χ0v) is 11.4. The molecule has 0 fully saturated rings. The molecule has 0 saturated carbocycles. The van der Waals surface area contributed by atoms with E-state index in [9.17, 15) is 24.0 Å². The molecule has 0 radical (unpaired) electrons. The molecule has 2 aromatic rings. The molecule has 10 heteroatoms. The highest BCUT2D eigenvalue weighted by molar-refractivity contribution is 6.20. The largest absolute Gasteiger partial charge is 0.354 e. The van der Waals surface area contributed by atoms with Crippen molar-refractivity contribution in [3.63, 3.8) is 0 Å². The number of hydrogen-bond donors (Lipinski definition) is 1. The Labute approximate surface area is 126 Å². The fourth-order valence-electron chi connectivity index (χ4n) is 1.99. The van der Waals surface area contributed by atoms with Crippen LogP contribution < -0.4 is 11.2 Å². The normalized spacial score (nSPS) is 13.1. The standard InChI is InChI=1S/C13H8N4O6/c18-9-5-14-16(13(22)15-9)6-10(19)23-17-11(20)7-3-1-2-4-8(7)12(17)21/h1-5H,6H2,(H,15,18,22). The average molecular weight is 316 g/mol. The van der Waals surface area contributed by atoms with Gasteiger partial charge in [-0.1, -0.05) is 17.2 Å². The third-order valence-corrected chi connectivity index (χ3v) is 3.01. The second-order valence-corrected chi connectivity index (χ2v) is 4.51. The number of aromatic nitrogens is 3. The molecule has 10 nitrogen and oxygen atoms in total. The van der Waals surface area contributed by atoms with Crippen LogP contribution in [0.15, 0.2) is 40.1 Å². The number of carbonyl (C=O) groups excluding carboxylic acids is 3. The molecule has 1 aliphatic heterocycles. The molecule has 3 rings (SSSR count). The molecule has 2 amide bonds. The predicted molar refractivity (Wildman–Crippen MR) is 72.2 cm³/mol. The summed E-state index contributed by atoms with van der Waals surface area (Å²) in [6.07, 6.45) is 0.802. The van der Waals surface area contributed by atoms with Crippen molar-refractivity contribution in [2.75, 3.05) is 0 Å². The number of nitrogens with zero attached hydrogens (tertiary/aromatic N) is 3. The van der Waals surface area contributed by atoms with E-state index in [1.807, 2.05) is 4.98 Å². The van der Waals surface area contributed by atoms with Crippen LogP contribution in [0.3, 0.4) is 0 Å². The summed E-state index contributed by atoms with van der Waals surface area (Å²) in [5.41, 5.74) is -1.41. The van der Waals surface area contributed by atoms with Gasteiger partial charge in [-0.2, -0.15) is 5.10 Å². The van der Waals surface area contributed by atoms with Crippen LogP contribution in [0.5, 0.6) is 0 Å². The van der Waals surface area contributed by atoms with E-state index < -0.39 is 35.6 Å². The first-order valence-corrected chi connectivity index (χ1v) is 6.32. The number of carbonyl (C=O) groups is 3. The van der Waals surface area contributed by atoms with Gasteiger partial charge in [-0.05, 0) is 12.1 Å². The molecule has 2 heterocycles. The van der Waals surface area contributed by atoms with Crippen molar-refractivity contribution in [3.8, 4) is 0 Å². The number of amides is 2. The number of aromatic amines is 1. The highest BCUT2D eigenvalue weighted by Gasteiger charge is 2.38. The average Bonchev–Trinajstić information content (AvgIpc) is 2.76. The molecule has 0 spiro atoms. The Morgan fingerprint density at radius 3 is 2.26 bits per heavy atom. The van der Waals surface area contributed by atoms with E-state index in [0.717, 1.165) is 6.20 Å². The maximum atomic E-state index is 12.0. The summed E-state index contributed by atoms with van der Waals surface area (Å²) in [5.74, 6) is -2.62. The second-order valence-electron chi connectivity index (χ2n) is 4.51. The Morgan fingerprint density at radius 1 is 1.09 bits per heavy atom. The third-order valence-electron chi connectivity index (χ3n) is 3.01. The molecule has 1 aliphatic rings. The molecule has 1 aromatic carbocycles. The van der Waals surface area contributed by atoms with Crippen LogP contribution in [0, 0.1) is 0 Å². The lowest BCUT2D eigenvalue weighted by Gasteiger charge is -2.12. The fourth-order valence-corrected chi connectivity index (χ4v) is 1.99. The number of imide groups is 1. The fraction of sp³-hybridized carbons (Fsp3) is 0.0769. The van der Waals surface area contributed by atoms with E-state index in [1.54, 1.807) is 12.1 Å². The van der Waals surface area contributed by atoms with Crippen LogP contribution >= 0.6 is 0 Å². The molecule has 23 heavy (non-hydrogen) atoms. The first-order valence-electron chi connectivity index (χ1n) is 6.32. The maximum absolute atomic E-state index is 12.0. The summed E-state index contributed by atoms with van der Waals surface area (Å²) in [4.78, 5) is 64.7. The first kappa shape index (κ1) is 14.4. The van der Waals surface area contributed by atoms with Crippen LogP contribution in [0.2, 0.25) is 0 Å². The van der Waals surface area contributed by atoms with Gasteiger partial charge in [0.05, 0.1) is 11.1 Å². The molecular formula is C13H8N4O6. The Bertz CT molecular complexity index is 909. The Balaban J connectivity index is 1.77. The minimum absolute atomic E-state index is 0.115. The van der Waals surface area contributed by atoms with E-state index in [2.05, 4.69) is 5.10 Å². The molecular weight excluding hydrogens is 308 g/mol. The Morgan fingerprint density at radius 2 is 1.70 bits per heavy atom. The summed E-state index contributed by atoms with van der Waals surface area (Å²) in [5, 5.41) is 3.76. The molecule has 0 aliphatic carbocycles. The molecule has 1 N–H and O–H groups in total. The molecule has 0 saturated heterocycles. The van der Waals surface area contributed by atoms with Gasteiger partial charge < -0.3 is 4.84 Å². The molecule has 0 atom stereocenters. The highest BCUT2D eigenvalue weighted by atomic mass is 16.7. The smallest absolute Gasteiger partial charge is 0.328 e. The predicted octanol–water partition coefficient (Wildman–Crippen LogP) is -1.31. The van der Waals surface area contributed by atoms with Gasteiger partial charge in [0.2, 0.25) is 0 Å². The van der Waals surface area contributed by atoms with Crippen LogP contribution in [0.4, 0.5) is 0 Å². The maximum Gasteiger partial charge on any atom is 0.354 e. The first-order chi connectivity index (χ1) is 11.0. The van der Waals surface area contributed by atoms with E-state index in [0.29, 0.717) is 9.75 Å². The number of hydroxylamine groups is 2. The van der Waals surface area contributed by atoms with Crippen molar-refractivity contribution in [2.45, 2.75) is 6.54 Å². The summed E-state index contributed by atoms with van der Waals surface area (Å²) < 4.78 is 0.627. The summed E-state index contributed by atoms with van der Waals surface area (Å²) >= 11 is 0. The summed E-state index contributed by atoms with van der Waals surface area (Å²) in [6.45, 7) is -0.678. The van der Waals surface area contributed by atoms with Crippen molar-refractivity contribution in [1.29, 1.82) is 0 Å². The van der Waals surface area contributed by atoms with Gasteiger partial charge in [-0.3, -0.25) is 19.4 Å². The number of hydrogen-bond acceptors (Lipinski definition) is 7. The van der Waals surface area contributed by atoms with Crippen molar-refractivity contribution >= 4 is 17.8 Å². The topological polar surface area (TPSA) is 131 Å². The third kappa shape index (κ3) is 2.52. The Kier molecular flexibility index (Phi) is 3.33. The zero-order chi connectivity index (χ0) is 16.6. The molecule has 116 valence electrons. The van der Waals surface area contributed by atoms with Crippen molar-refractivity contribution < 1.29 is 19.2 Å². The van der Waals surface area contributed by atoms with E-state index in [-0.39, 0.29) is 11.1 Å². The van der Waals surface area contributed by atoms with Crippen molar-refractivity contribution in [3.05, 3.63) is 62.4 Å². The van der Waals surface area contributed by atoms with E-state index >= 15 is 0 Å². The minimum Gasteiger partial charge on any atom is -0.328 e. The SMILES string of the molecule is O=C(Cn1ncc(=O)[nH]c1=O)ON1C(=O)c2ccccc2C1=O. The second kappa shape index (κ2) is 5.33. The van der Waals surface area contributed by atoms with Gasteiger partial charge in [-0.15, -0.1) is 0 Å². The van der Waals surface area contributed by atoms with E-state index in [1.165, 1.54) is 12.1 Å². The number of H-pyrrole nitrogens is 1. The minimum atomic E-state index is -1.07. The highest BCUT2D eigenvalue weighted by Crippen LogP contribution is 2.22. The molecule has 0 bridgehead atoms. The van der Waals surface area contributed by atoms with Gasteiger partial charge in [0.15, 0.2) is 0 Å². The summed E-state index contributed by atoms with van der Waals surface area (Å²) in [7, 11) is 0. The number of rotatable bonds is 3. The number of nitrogens with one attached hydrogen (secondary N) is 1. The lowest BCUT2D eigenvalue weighted by atomic mass is 10.1. The zero-order valence-electron chi connectivity index (χ0n) is 11.4. The number of fused-ring (bicyclic) bond motifs is 1. The van der Waals surface area contributed by atoms with Crippen molar-refractivity contribution in [2.24, 2.45) is 0 Å². The number of benzene rings is 1. The van der Waals surface area contributed by atoms with Crippen molar-refractivity contribution in [1.82, 2.24) is 19.8 Å². The van der Waals surface area contributed by atoms with Crippen LogP contribution in [-0.4, -0.2) is 37.6 Å². The monoisotopic (exact) mass is 316 g/mol. The lowest BCUT2D eigenvalue weighted by molar-refractivity contribution is -0.169. The Hall–Kier alpha value is -3.56. The van der Waals surface area contributed by atoms with Gasteiger partial charge in [0.1, 0.15) is 12.7 Å². The molecule has 1 aromatic heterocycles. The summed E-state index contributed by atoms with van der Waals surface area (Å²) in [6, 6.07) is 5.99. The van der Waals surface area contributed by atoms with Gasteiger partial charge >= 0.3 is 11.7 Å². The van der Waals surface area contributed by atoms with Gasteiger partial charge in [0.25, 0.3) is 17.4 Å². The lowest BCUT2D eigenvalue weighted by Crippen LogP contribution is -2.38. The quantitative estimate of drug-likeness (QED) is 0.695. The van der Waals surface area contributed by atoms with E-state index in [4.69, 9.17) is 4.84 Å². The van der Waals surface area contributed by atoms with Gasteiger partial charge in [0, 0.05) is 0 Å². The van der Waals surface area contributed by atoms with Crippen LogP contribution in [0.1, 0.15) is 20.7 Å². The van der Waals surface area contributed by atoms with Crippen LogP contribution in [0.25, 0.3) is 0 Å². The van der Waals surface area contributed by atoms with Gasteiger partial charge in [-0.25, -0.2) is 14.3 Å².